The number of nitrogens with two attached hydrogens (primary N) is 1. The Kier molecular flexibility index (Phi) is 6.53. The lowest BCUT2D eigenvalue weighted by atomic mass is 9.76. The predicted octanol–water partition coefficient (Wildman–Crippen LogP) is 5.31. The van der Waals surface area contributed by atoms with Gasteiger partial charge in [0.25, 0.3) is 0 Å². The van der Waals surface area contributed by atoms with Crippen molar-refractivity contribution in [1.29, 1.82) is 0 Å². The van der Waals surface area contributed by atoms with Crippen molar-refractivity contribution in [2.75, 3.05) is 0 Å². The molecule has 170 valence electrons. The minimum absolute atomic E-state index is 0.0188. The second kappa shape index (κ2) is 9.05. The molecule has 0 radical (unpaired) electrons. The third-order valence-electron chi connectivity index (χ3n) is 7.04. The fourth-order valence-electron chi connectivity index (χ4n) is 5.13. The van der Waals surface area contributed by atoms with Crippen LogP contribution in [0.1, 0.15) is 67.1 Å². The monoisotopic (exact) mass is 473 g/mol. The molecular weight excluding hydrogens is 445 g/mol. The van der Waals surface area contributed by atoms with E-state index in [2.05, 4.69) is 19.2 Å². The van der Waals surface area contributed by atoms with E-state index in [1.807, 2.05) is 29.2 Å². The van der Waals surface area contributed by atoms with Crippen LogP contribution >= 0.6 is 23.2 Å². The Balaban J connectivity index is 1.65. The van der Waals surface area contributed by atoms with Gasteiger partial charge >= 0.3 is 0 Å². The van der Waals surface area contributed by atoms with Crippen molar-refractivity contribution in [3.8, 4) is 0 Å². The quantitative estimate of drug-likeness (QED) is 0.617. The number of nitrogens with zero attached hydrogens (tertiary/aromatic N) is 1. The van der Waals surface area contributed by atoms with Crippen LogP contribution in [0.2, 0.25) is 10.0 Å². The fraction of sp³-hybridized carbons (Fsp3) is 0.440. The summed E-state index contributed by atoms with van der Waals surface area (Å²) in [7, 11) is 0. The Morgan fingerprint density at radius 1 is 1.12 bits per heavy atom. The maximum absolute atomic E-state index is 13.7. The molecule has 2 fully saturated rings. The number of hydrogen-bond donors (Lipinski definition) is 2. The maximum Gasteiger partial charge on any atom is 0.248 e. The molecule has 1 saturated heterocycles. The first-order valence-corrected chi connectivity index (χ1v) is 11.9. The van der Waals surface area contributed by atoms with Crippen LogP contribution in [-0.4, -0.2) is 22.4 Å². The van der Waals surface area contributed by atoms with Gasteiger partial charge in [-0.1, -0.05) is 49.2 Å². The minimum atomic E-state index is -0.494. The molecule has 3 N–H and O–H groups in total. The largest absolute Gasteiger partial charge is 0.366 e. The summed E-state index contributed by atoms with van der Waals surface area (Å²) in [5.41, 5.74) is 7.16. The van der Waals surface area contributed by atoms with Gasteiger partial charge in [-0.15, -0.1) is 0 Å². The Morgan fingerprint density at radius 2 is 1.72 bits per heavy atom. The van der Waals surface area contributed by atoms with E-state index in [-0.39, 0.29) is 5.91 Å². The van der Waals surface area contributed by atoms with Crippen LogP contribution in [0.3, 0.4) is 0 Å². The van der Waals surface area contributed by atoms with E-state index in [9.17, 15) is 9.59 Å². The third kappa shape index (κ3) is 4.52. The van der Waals surface area contributed by atoms with E-state index in [1.54, 1.807) is 18.2 Å². The maximum atomic E-state index is 13.7. The summed E-state index contributed by atoms with van der Waals surface area (Å²) in [5.74, 6) is 0.845. The van der Waals surface area contributed by atoms with Crippen LogP contribution in [0.4, 0.5) is 0 Å². The first kappa shape index (κ1) is 23.1. The lowest BCUT2D eigenvalue weighted by molar-refractivity contribution is -0.134. The number of halogens is 2. The third-order valence-corrected chi connectivity index (χ3v) is 7.48. The van der Waals surface area contributed by atoms with Gasteiger partial charge in [-0.2, -0.15) is 0 Å². The molecule has 1 heterocycles. The van der Waals surface area contributed by atoms with Gasteiger partial charge in [0.2, 0.25) is 11.8 Å². The molecule has 1 atom stereocenters. The zero-order chi connectivity index (χ0) is 23.0. The highest BCUT2D eigenvalue weighted by atomic mass is 35.5. The van der Waals surface area contributed by atoms with Crippen molar-refractivity contribution in [2.45, 2.75) is 57.8 Å². The second-order valence-corrected chi connectivity index (χ2v) is 10.3. The van der Waals surface area contributed by atoms with Crippen LogP contribution < -0.4 is 11.1 Å². The summed E-state index contributed by atoms with van der Waals surface area (Å²) in [4.78, 5) is 27.1. The average Bonchev–Trinajstić information content (AvgIpc) is 3.00. The van der Waals surface area contributed by atoms with Crippen molar-refractivity contribution in [1.82, 2.24) is 10.2 Å². The van der Waals surface area contributed by atoms with Crippen LogP contribution in [0.15, 0.2) is 42.5 Å². The van der Waals surface area contributed by atoms with Crippen molar-refractivity contribution < 1.29 is 9.59 Å². The van der Waals surface area contributed by atoms with Crippen molar-refractivity contribution in [3.05, 3.63) is 69.2 Å². The van der Waals surface area contributed by atoms with Crippen molar-refractivity contribution in [2.24, 2.45) is 17.6 Å². The van der Waals surface area contributed by atoms with Crippen LogP contribution in [0.25, 0.3) is 0 Å². The molecule has 2 aromatic carbocycles. The molecule has 32 heavy (non-hydrogen) atoms. The van der Waals surface area contributed by atoms with Crippen molar-refractivity contribution in [3.63, 3.8) is 0 Å². The average molecular weight is 474 g/mol. The van der Waals surface area contributed by atoms with E-state index in [0.29, 0.717) is 34.0 Å². The molecule has 7 heteroatoms. The molecular formula is C25H29Cl2N3O2. The van der Waals surface area contributed by atoms with Crippen molar-refractivity contribution >= 4 is 35.0 Å². The van der Waals surface area contributed by atoms with E-state index >= 15 is 0 Å². The molecule has 2 amide bonds. The van der Waals surface area contributed by atoms with Crippen LogP contribution in [0.5, 0.6) is 0 Å². The van der Waals surface area contributed by atoms with Gasteiger partial charge in [0, 0.05) is 22.2 Å². The molecule has 4 rings (SSSR count). The van der Waals surface area contributed by atoms with Crippen LogP contribution in [0, 0.1) is 11.8 Å². The second-order valence-electron chi connectivity index (χ2n) is 9.38. The SMILES string of the molecule is CC(C)C1CCC2(CC1)NC(c1cc(Cl)cc(Cl)c1)C(=O)N2Cc1ccc(C(N)=O)cc1. The lowest BCUT2D eigenvalue weighted by Gasteiger charge is -2.44. The molecule has 0 aromatic heterocycles. The molecule has 5 nitrogen and oxygen atoms in total. The number of benzene rings is 2. The smallest absolute Gasteiger partial charge is 0.248 e. The van der Waals surface area contributed by atoms with E-state index in [0.717, 1.165) is 36.8 Å². The van der Waals surface area contributed by atoms with E-state index in [4.69, 9.17) is 28.9 Å². The Bertz CT molecular complexity index is 994. The number of nitrogens with one attached hydrogen (secondary N) is 1. The number of carbonyl (C=O) groups excluding carboxylic acids is 2. The van der Waals surface area contributed by atoms with E-state index < -0.39 is 17.6 Å². The fourth-order valence-corrected chi connectivity index (χ4v) is 5.67. The highest BCUT2D eigenvalue weighted by molar-refractivity contribution is 6.34. The highest BCUT2D eigenvalue weighted by Crippen LogP contribution is 2.44. The van der Waals surface area contributed by atoms with Gasteiger partial charge in [-0.3, -0.25) is 14.9 Å². The number of hydrogen-bond acceptors (Lipinski definition) is 3. The Morgan fingerprint density at radius 3 is 2.25 bits per heavy atom. The molecule has 1 spiro atoms. The summed E-state index contributed by atoms with van der Waals surface area (Å²) < 4.78 is 0. The molecule has 0 bridgehead atoms. The zero-order valence-electron chi connectivity index (χ0n) is 18.4. The number of amides is 2. The highest BCUT2D eigenvalue weighted by Gasteiger charge is 2.52. The zero-order valence-corrected chi connectivity index (χ0v) is 19.9. The van der Waals surface area contributed by atoms with Gasteiger partial charge in [-0.25, -0.2) is 0 Å². The number of primary amides is 1. The van der Waals surface area contributed by atoms with Crippen LogP contribution in [-0.2, 0) is 11.3 Å². The topological polar surface area (TPSA) is 75.4 Å². The molecule has 2 aromatic rings. The van der Waals surface area contributed by atoms with Gasteiger partial charge in [0.1, 0.15) is 6.04 Å². The molecule has 1 aliphatic heterocycles. The standard InChI is InChI=1S/C25H29Cl2N3O2/c1-15(2)17-7-9-25(10-8-17)29-22(19-11-20(26)13-21(27)12-19)24(32)30(25)14-16-3-5-18(6-4-16)23(28)31/h3-6,11-13,15,17,22,29H,7-10,14H2,1-2H3,(H2,28,31). The summed E-state index contributed by atoms with van der Waals surface area (Å²) in [5, 5.41) is 4.70. The van der Waals surface area contributed by atoms with Gasteiger partial charge < -0.3 is 10.6 Å². The molecule has 2 aliphatic rings. The first-order valence-electron chi connectivity index (χ1n) is 11.1. The van der Waals surface area contributed by atoms with Gasteiger partial charge in [0.05, 0.1) is 5.66 Å². The number of rotatable bonds is 5. The first-order chi connectivity index (χ1) is 15.2. The van der Waals surface area contributed by atoms with Gasteiger partial charge in [-0.05, 0) is 79.0 Å². The summed E-state index contributed by atoms with van der Waals surface area (Å²) >= 11 is 12.5. The summed E-state index contributed by atoms with van der Waals surface area (Å²) in [6.45, 7) is 5.00. The Hall–Kier alpha value is -2.08. The molecule has 1 saturated carbocycles. The predicted molar refractivity (Wildman–Crippen MR) is 127 cm³/mol. The molecule has 1 unspecified atom stereocenters. The normalized spacial score (nSPS) is 25.7. The Labute approximate surface area is 199 Å². The minimum Gasteiger partial charge on any atom is -0.366 e. The summed E-state index contributed by atoms with van der Waals surface area (Å²) in [6.07, 6.45) is 3.92. The van der Waals surface area contributed by atoms with Gasteiger partial charge in [0.15, 0.2) is 0 Å². The summed E-state index contributed by atoms with van der Waals surface area (Å²) in [6, 6.07) is 11.9. The number of carbonyl (C=O) groups is 2. The van der Waals surface area contributed by atoms with E-state index in [1.165, 1.54) is 0 Å². The lowest BCUT2D eigenvalue weighted by Crippen LogP contribution is -2.54. The molecule has 1 aliphatic carbocycles.